The molecule has 0 aromatic heterocycles. The molecule has 11 heavy (non-hydrogen) atoms. The van der Waals surface area contributed by atoms with Crippen LogP contribution in [0.4, 0.5) is 0 Å². The smallest absolute Gasteiger partial charge is 0.0991 e. The van der Waals surface area contributed by atoms with Gasteiger partial charge < -0.3 is 5.73 Å². The Balaban J connectivity index is 3.03. The number of nitrogens with two attached hydrogens (primary N) is 1. The minimum Gasteiger partial charge on any atom is -0.324 e. The molecule has 1 aromatic rings. The zero-order valence-corrected chi connectivity index (χ0v) is 6.41. The fourth-order valence-corrected chi connectivity index (χ4v) is 0.891. The molecule has 1 atom stereocenters. The molecule has 0 aliphatic heterocycles. The Morgan fingerprint density at radius 2 is 2.27 bits per heavy atom. The molecule has 56 valence electrons. The third-order valence-corrected chi connectivity index (χ3v) is 1.54. The molecular weight excluding hydrogens is 136 g/mol. The van der Waals surface area contributed by atoms with E-state index in [-0.39, 0.29) is 6.04 Å². The lowest BCUT2D eigenvalue weighted by Gasteiger charge is -2.03. The summed E-state index contributed by atoms with van der Waals surface area (Å²) in [6, 6.07) is 9.42. The van der Waals surface area contributed by atoms with Crippen molar-refractivity contribution in [3.05, 3.63) is 35.4 Å². The van der Waals surface area contributed by atoms with Crippen molar-refractivity contribution in [1.29, 1.82) is 5.26 Å². The van der Waals surface area contributed by atoms with Crippen LogP contribution in [0.25, 0.3) is 0 Å². The van der Waals surface area contributed by atoms with E-state index in [0.717, 1.165) is 5.56 Å². The highest BCUT2D eigenvalue weighted by molar-refractivity contribution is 5.33. The minimum atomic E-state index is 0.00306. The zero-order chi connectivity index (χ0) is 8.27. The van der Waals surface area contributed by atoms with E-state index in [1.165, 1.54) is 0 Å². The summed E-state index contributed by atoms with van der Waals surface area (Å²) in [5.41, 5.74) is 7.30. The summed E-state index contributed by atoms with van der Waals surface area (Å²) in [5.74, 6) is 0. The third-order valence-electron chi connectivity index (χ3n) is 1.54. The molecule has 0 unspecified atom stereocenters. The first-order valence-electron chi connectivity index (χ1n) is 3.49. The van der Waals surface area contributed by atoms with Crippen molar-refractivity contribution in [2.75, 3.05) is 0 Å². The molecule has 0 aliphatic rings. The average molecular weight is 146 g/mol. The molecular formula is C9H10N2. The normalized spacial score (nSPS) is 12.1. The van der Waals surface area contributed by atoms with Crippen LogP contribution in [0.1, 0.15) is 24.1 Å². The predicted molar refractivity (Wildman–Crippen MR) is 43.8 cm³/mol. The van der Waals surface area contributed by atoms with Crippen LogP contribution in [0.2, 0.25) is 0 Å². The van der Waals surface area contributed by atoms with Gasteiger partial charge in [0.05, 0.1) is 11.6 Å². The Morgan fingerprint density at radius 1 is 1.55 bits per heavy atom. The van der Waals surface area contributed by atoms with Crippen molar-refractivity contribution < 1.29 is 0 Å². The van der Waals surface area contributed by atoms with Crippen LogP contribution in [0, 0.1) is 11.3 Å². The molecule has 0 fully saturated rings. The van der Waals surface area contributed by atoms with Crippen LogP contribution in [-0.2, 0) is 0 Å². The van der Waals surface area contributed by atoms with Gasteiger partial charge in [0, 0.05) is 6.04 Å². The van der Waals surface area contributed by atoms with Gasteiger partial charge in [0.2, 0.25) is 0 Å². The summed E-state index contributed by atoms with van der Waals surface area (Å²) < 4.78 is 0. The molecule has 2 N–H and O–H groups in total. The highest BCUT2D eigenvalue weighted by Crippen LogP contribution is 2.10. The molecule has 0 aliphatic carbocycles. The lowest BCUT2D eigenvalue weighted by atomic mass is 10.1. The SMILES string of the molecule is C[C@@H](N)c1cccc(C#N)c1. The van der Waals surface area contributed by atoms with Crippen molar-refractivity contribution >= 4 is 0 Å². The predicted octanol–water partition coefficient (Wildman–Crippen LogP) is 1.58. The molecule has 0 saturated carbocycles. The molecule has 0 radical (unpaired) electrons. The van der Waals surface area contributed by atoms with Gasteiger partial charge in [0.1, 0.15) is 0 Å². The first kappa shape index (κ1) is 7.77. The quantitative estimate of drug-likeness (QED) is 0.653. The van der Waals surface area contributed by atoms with Crippen molar-refractivity contribution in [3.63, 3.8) is 0 Å². The molecule has 0 saturated heterocycles. The lowest BCUT2D eigenvalue weighted by Crippen LogP contribution is -2.04. The Kier molecular flexibility index (Phi) is 2.25. The molecule has 0 spiro atoms. The Hall–Kier alpha value is -1.33. The van der Waals surface area contributed by atoms with Gasteiger partial charge in [0.25, 0.3) is 0 Å². The van der Waals surface area contributed by atoms with Gasteiger partial charge in [-0.1, -0.05) is 12.1 Å². The van der Waals surface area contributed by atoms with Gasteiger partial charge in [-0.3, -0.25) is 0 Å². The summed E-state index contributed by atoms with van der Waals surface area (Å²) in [7, 11) is 0. The number of nitrogens with zero attached hydrogens (tertiary/aromatic N) is 1. The average Bonchev–Trinajstić information content (AvgIpc) is 2.05. The van der Waals surface area contributed by atoms with Crippen LogP contribution >= 0.6 is 0 Å². The van der Waals surface area contributed by atoms with E-state index < -0.39 is 0 Å². The standard InChI is InChI=1S/C9H10N2/c1-7(11)9-4-2-3-8(5-9)6-10/h2-5,7H,11H2,1H3/t7-/m1/s1. The maximum atomic E-state index is 8.55. The minimum absolute atomic E-state index is 0.00306. The highest BCUT2D eigenvalue weighted by atomic mass is 14.6. The van der Waals surface area contributed by atoms with Crippen LogP contribution in [0.15, 0.2) is 24.3 Å². The fourth-order valence-electron chi connectivity index (χ4n) is 0.891. The van der Waals surface area contributed by atoms with Gasteiger partial charge in [-0.25, -0.2) is 0 Å². The number of rotatable bonds is 1. The first-order chi connectivity index (χ1) is 5.24. The number of hydrogen-bond acceptors (Lipinski definition) is 2. The van der Waals surface area contributed by atoms with E-state index in [1.54, 1.807) is 6.07 Å². The van der Waals surface area contributed by atoms with Gasteiger partial charge >= 0.3 is 0 Å². The number of hydrogen-bond donors (Lipinski definition) is 1. The van der Waals surface area contributed by atoms with Crippen LogP contribution in [-0.4, -0.2) is 0 Å². The van der Waals surface area contributed by atoms with Crippen molar-refractivity contribution in [3.8, 4) is 6.07 Å². The first-order valence-corrected chi connectivity index (χ1v) is 3.49. The lowest BCUT2D eigenvalue weighted by molar-refractivity contribution is 0.818. The Morgan fingerprint density at radius 3 is 2.82 bits per heavy atom. The van der Waals surface area contributed by atoms with Gasteiger partial charge in [-0.05, 0) is 24.6 Å². The van der Waals surface area contributed by atoms with Crippen molar-refractivity contribution in [2.45, 2.75) is 13.0 Å². The number of benzene rings is 1. The third kappa shape index (κ3) is 1.79. The highest BCUT2D eigenvalue weighted by Gasteiger charge is 1.98. The molecule has 2 nitrogen and oxygen atoms in total. The summed E-state index contributed by atoms with van der Waals surface area (Å²) in [6.07, 6.45) is 0. The molecule has 0 amide bonds. The summed E-state index contributed by atoms with van der Waals surface area (Å²) >= 11 is 0. The number of nitriles is 1. The van der Waals surface area contributed by atoms with Gasteiger partial charge in [-0.15, -0.1) is 0 Å². The molecule has 0 bridgehead atoms. The van der Waals surface area contributed by atoms with E-state index in [1.807, 2.05) is 25.1 Å². The topological polar surface area (TPSA) is 49.8 Å². The summed E-state index contributed by atoms with van der Waals surface area (Å²) in [5, 5.41) is 8.55. The molecule has 0 heterocycles. The maximum absolute atomic E-state index is 8.55. The summed E-state index contributed by atoms with van der Waals surface area (Å²) in [6.45, 7) is 1.90. The fraction of sp³-hybridized carbons (Fsp3) is 0.222. The Labute approximate surface area is 66.3 Å². The van der Waals surface area contributed by atoms with Crippen LogP contribution in [0.3, 0.4) is 0 Å². The van der Waals surface area contributed by atoms with E-state index in [4.69, 9.17) is 11.0 Å². The van der Waals surface area contributed by atoms with Gasteiger partial charge in [0.15, 0.2) is 0 Å². The van der Waals surface area contributed by atoms with E-state index >= 15 is 0 Å². The van der Waals surface area contributed by atoms with Gasteiger partial charge in [-0.2, -0.15) is 5.26 Å². The maximum Gasteiger partial charge on any atom is 0.0991 e. The molecule has 1 rings (SSSR count). The molecule has 2 heteroatoms. The van der Waals surface area contributed by atoms with Crippen LogP contribution < -0.4 is 5.73 Å². The van der Waals surface area contributed by atoms with E-state index in [2.05, 4.69) is 6.07 Å². The van der Waals surface area contributed by atoms with E-state index in [0.29, 0.717) is 5.56 Å². The van der Waals surface area contributed by atoms with Crippen molar-refractivity contribution in [2.24, 2.45) is 5.73 Å². The molecule has 1 aromatic carbocycles. The van der Waals surface area contributed by atoms with Crippen LogP contribution in [0.5, 0.6) is 0 Å². The largest absolute Gasteiger partial charge is 0.324 e. The second-order valence-electron chi connectivity index (χ2n) is 2.53. The zero-order valence-electron chi connectivity index (χ0n) is 6.41. The second kappa shape index (κ2) is 3.18. The second-order valence-corrected chi connectivity index (χ2v) is 2.53. The van der Waals surface area contributed by atoms with Crippen molar-refractivity contribution in [1.82, 2.24) is 0 Å². The summed E-state index contributed by atoms with van der Waals surface area (Å²) in [4.78, 5) is 0. The Bertz CT molecular complexity index is 284. The van der Waals surface area contributed by atoms with E-state index in [9.17, 15) is 0 Å². The monoisotopic (exact) mass is 146 g/mol.